The van der Waals surface area contributed by atoms with Crippen molar-refractivity contribution in [2.45, 2.75) is 31.5 Å². The lowest BCUT2D eigenvalue weighted by Gasteiger charge is -2.05. The first-order chi connectivity index (χ1) is 6.24. The molecule has 76 valence electrons. The minimum absolute atomic E-state index is 0.447. The molecule has 0 aromatic rings. The van der Waals surface area contributed by atoms with Gasteiger partial charge in [0.25, 0.3) is 0 Å². The van der Waals surface area contributed by atoms with Gasteiger partial charge in [0, 0.05) is 11.9 Å². The fourth-order valence-corrected chi connectivity index (χ4v) is 1.62. The first-order valence-electron chi connectivity index (χ1n) is 4.73. The van der Waals surface area contributed by atoms with Gasteiger partial charge < -0.3 is 11.1 Å². The zero-order chi connectivity index (χ0) is 10.3. The molecule has 3 N–H and O–H groups in total. The molecule has 0 fully saturated rings. The van der Waals surface area contributed by atoms with Crippen LogP contribution in [0.2, 0.25) is 0 Å². The SMILES string of the molecule is CC.CNC1=CC(Br)CCC=C1N. The maximum absolute atomic E-state index is 5.76. The summed E-state index contributed by atoms with van der Waals surface area (Å²) in [5, 5.41) is 3.06. The molecule has 1 aliphatic carbocycles. The fraction of sp³-hybridized carbons (Fsp3) is 0.600. The van der Waals surface area contributed by atoms with Crippen LogP contribution in [0, 0.1) is 0 Å². The number of halogens is 1. The van der Waals surface area contributed by atoms with E-state index in [0.29, 0.717) is 4.83 Å². The first kappa shape index (κ1) is 12.6. The van der Waals surface area contributed by atoms with E-state index in [9.17, 15) is 0 Å². The Labute approximate surface area is 89.4 Å². The Bertz CT molecular complexity index is 197. The molecule has 1 unspecified atom stereocenters. The van der Waals surface area contributed by atoms with E-state index >= 15 is 0 Å². The van der Waals surface area contributed by atoms with Crippen LogP contribution in [0.3, 0.4) is 0 Å². The topological polar surface area (TPSA) is 38.0 Å². The van der Waals surface area contributed by atoms with Crippen LogP contribution in [0.25, 0.3) is 0 Å². The van der Waals surface area contributed by atoms with Gasteiger partial charge in [-0.15, -0.1) is 0 Å². The van der Waals surface area contributed by atoms with Gasteiger partial charge in [0.2, 0.25) is 0 Å². The van der Waals surface area contributed by atoms with E-state index in [0.717, 1.165) is 24.2 Å². The Morgan fingerprint density at radius 3 is 2.69 bits per heavy atom. The summed E-state index contributed by atoms with van der Waals surface area (Å²) in [6.07, 6.45) is 6.33. The van der Waals surface area contributed by atoms with Crippen LogP contribution in [0.4, 0.5) is 0 Å². The molecule has 2 nitrogen and oxygen atoms in total. The molecule has 0 spiro atoms. The molecule has 0 aromatic heterocycles. The molecule has 0 heterocycles. The lowest BCUT2D eigenvalue weighted by molar-refractivity contribution is 0.895. The number of nitrogens with one attached hydrogen (secondary N) is 1. The van der Waals surface area contributed by atoms with Crippen LogP contribution in [-0.4, -0.2) is 11.9 Å². The quantitative estimate of drug-likeness (QED) is 0.699. The van der Waals surface area contributed by atoms with Crippen molar-refractivity contribution in [3.05, 3.63) is 23.5 Å². The van der Waals surface area contributed by atoms with E-state index in [4.69, 9.17) is 5.73 Å². The monoisotopic (exact) mass is 246 g/mol. The summed E-state index contributed by atoms with van der Waals surface area (Å²) >= 11 is 3.54. The van der Waals surface area contributed by atoms with Gasteiger partial charge in [-0.25, -0.2) is 0 Å². The van der Waals surface area contributed by atoms with Gasteiger partial charge in [-0.05, 0) is 18.9 Å². The molecule has 0 aliphatic heterocycles. The van der Waals surface area contributed by atoms with Crippen molar-refractivity contribution >= 4 is 15.9 Å². The Morgan fingerprint density at radius 1 is 1.54 bits per heavy atom. The molecule has 3 heteroatoms. The zero-order valence-electron chi connectivity index (χ0n) is 8.60. The number of hydrogen-bond donors (Lipinski definition) is 2. The standard InChI is InChI=1S/C8H13BrN2.C2H6/c1-11-8-5-6(9)3-2-4-7(8)10;1-2/h4-6,11H,2-3,10H2,1H3;1-2H3. The number of likely N-dealkylation sites (N-methyl/N-ethyl adjacent to an activating group) is 1. The van der Waals surface area contributed by atoms with E-state index in [-0.39, 0.29) is 0 Å². The number of nitrogens with two attached hydrogens (primary N) is 1. The second-order valence-electron chi connectivity index (χ2n) is 2.58. The van der Waals surface area contributed by atoms with Crippen molar-refractivity contribution in [1.82, 2.24) is 5.32 Å². The predicted molar refractivity (Wildman–Crippen MR) is 62.7 cm³/mol. The Morgan fingerprint density at radius 2 is 2.15 bits per heavy atom. The van der Waals surface area contributed by atoms with E-state index < -0.39 is 0 Å². The summed E-state index contributed by atoms with van der Waals surface area (Å²) in [5.41, 5.74) is 7.65. The van der Waals surface area contributed by atoms with Gasteiger partial charge in [0.1, 0.15) is 0 Å². The molecule has 13 heavy (non-hydrogen) atoms. The number of rotatable bonds is 1. The smallest absolute Gasteiger partial charge is 0.0538 e. The summed E-state index contributed by atoms with van der Waals surface area (Å²) in [6, 6.07) is 0. The summed E-state index contributed by atoms with van der Waals surface area (Å²) in [5.74, 6) is 0. The maximum Gasteiger partial charge on any atom is 0.0538 e. The van der Waals surface area contributed by atoms with Crippen LogP contribution >= 0.6 is 15.9 Å². The van der Waals surface area contributed by atoms with Crippen LogP contribution in [0.1, 0.15) is 26.7 Å². The Kier molecular flexibility index (Phi) is 6.77. The van der Waals surface area contributed by atoms with Crippen LogP contribution < -0.4 is 11.1 Å². The fourth-order valence-electron chi connectivity index (χ4n) is 1.10. The van der Waals surface area contributed by atoms with E-state index in [1.54, 1.807) is 0 Å². The lowest BCUT2D eigenvalue weighted by Crippen LogP contribution is -2.14. The van der Waals surface area contributed by atoms with Gasteiger partial charge in [-0.1, -0.05) is 35.9 Å². The Hall–Kier alpha value is -0.440. The molecule has 1 atom stereocenters. The largest absolute Gasteiger partial charge is 0.397 e. The Balaban J connectivity index is 0.000000671. The number of allylic oxidation sites excluding steroid dienone is 2. The number of hydrogen-bond acceptors (Lipinski definition) is 2. The molecule has 0 amide bonds. The van der Waals surface area contributed by atoms with Crippen LogP contribution in [-0.2, 0) is 0 Å². The highest BCUT2D eigenvalue weighted by Crippen LogP contribution is 2.18. The van der Waals surface area contributed by atoms with Gasteiger partial charge in [0.15, 0.2) is 0 Å². The third kappa shape index (κ3) is 4.36. The van der Waals surface area contributed by atoms with Gasteiger partial charge in [0.05, 0.1) is 11.4 Å². The predicted octanol–water partition coefficient (Wildman–Crippen LogP) is 2.52. The highest BCUT2D eigenvalue weighted by molar-refractivity contribution is 9.09. The van der Waals surface area contributed by atoms with E-state index in [1.165, 1.54) is 0 Å². The van der Waals surface area contributed by atoms with Crippen molar-refractivity contribution in [3.63, 3.8) is 0 Å². The highest BCUT2D eigenvalue weighted by atomic mass is 79.9. The molecule has 0 saturated heterocycles. The van der Waals surface area contributed by atoms with Crippen molar-refractivity contribution in [2.24, 2.45) is 5.73 Å². The minimum Gasteiger partial charge on any atom is -0.397 e. The summed E-state index contributed by atoms with van der Waals surface area (Å²) in [7, 11) is 1.89. The average molecular weight is 247 g/mol. The molecule has 1 rings (SSSR count). The van der Waals surface area contributed by atoms with Crippen molar-refractivity contribution < 1.29 is 0 Å². The minimum atomic E-state index is 0.447. The second kappa shape index (κ2) is 7.01. The van der Waals surface area contributed by atoms with Crippen LogP contribution in [0.5, 0.6) is 0 Å². The van der Waals surface area contributed by atoms with Gasteiger partial charge >= 0.3 is 0 Å². The summed E-state index contributed by atoms with van der Waals surface area (Å²) in [6.45, 7) is 4.00. The molecule has 0 aromatic carbocycles. The second-order valence-corrected chi connectivity index (χ2v) is 3.76. The maximum atomic E-state index is 5.76. The molecule has 0 bridgehead atoms. The average Bonchev–Trinajstić information content (AvgIpc) is 2.31. The molecular formula is C10H19BrN2. The molecule has 1 aliphatic rings. The third-order valence-corrected chi connectivity index (χ3v) is 2.46. The van der Waals surface area contributed by atoms with Crippen molar-refractivity contribution in [1.29, 1.82) is 0 Å². The van der Waals surface area contributed by atoms with Gasteiger partial charge in [-0.2, -0.15) is 0 Å². The normalized spacial score (nSPS) is 21.7. The zero-order valence-corrected chi connectivity index (χ0v) is 10.2. The molecule has 0 saturated carbocycles. The summed E-state index contributed by atoms with van der Waals surface area (Å²) < 4.78 is 0. The summed E-state index contributed by atoms with van der Waals surface area (Å²) in [4.78, 5) is 0.447. The van der Waals surface area contributed by atoms with Crippen molar-refractivity contribution in [2.75, 3.05) is 7.05 Å². The third-order valence-electron chi connectivity index (χ3n) is 1.73. The molecular weight excluding hydrogens is 228 g/mol. The number of alkyl halides is 1. The lowest BCUT2D eigenvalue weighted by atomic mass is 10.2. The van der Waals surface area contributed by atoms with Crippen LogP contribution in [0.15, 0.2) is 23.5 Å². The van der Waals surface area contributed by atoms with Crippen molar-refractivity contribution in [3.8, 4) is 0 Å². The van der Waals surface area contributed by atoms with E-state index in [2.05, 4.69) is 33.4 Å². The molecule has 0 radical (unpaired) electrons. The highest BCUT2D eigenvalue weighted by Gasteiger charge is 2.07. The van der Waals surface area contributed by atoms with Gasteiger partial charge in [-0.3, -0.25) is 0 Å². The first-order valence-corrected chi connectivity index (χ1v) is 5.65. The van der Waals surface area contributed by atoms with E-state index in [1.807, 2.05) is 20.9 Å².